The zero-order valence-corrected chi connectivity index (χ0v) is 20.4. The van der Waals surface area contributed by atoms with Gasteiger partial charge in [0.1, 0.15) is 5.75 Å². The van der Waals surface area contributed by atoms with Gasteiger partial charge in [-0.1, -0.05) is 6.07 Å². The van der Waals surface area contributed by atoms with Crippen molar-refractivity contribution in [2.75, 3.05) is 34.5 Å². The maximum absolute atomic E-state index is 13.3. The molecule has 176 valence electrons. The van der Waals surface area contributed by atoms with E-state index in [0.717, 1.165) is 34.0 Å². The summed E-state index contributed by atoms with van der Waals surface area (Å²) in [5.41, 5.74) is 6.07. The predicted octanol–water partition coefficient (Wildman–Crippen LogP) is 4.12. The Kier molecular flexibility index (Phi) is 7.43. The Labute approximate surface area is 195 Å². The first kappa shape index (κ1) is 24.3. The Bertz CT molecular complexity index is 1140. The summed E-state index contributed by atoms with van der Waals surface area (Å²) in [7, 11) is 4.60. The molecule has 7 nitrogen and oxygen atoms in total. The largest absolute Gasteiger partial charge is 0.495 e. The zero-order valence-electron chi connectivity index (χ0n) is 20.4. The van der Waals surface area contributed by atoms with Crippen LogP contribution in [-0.4, -0.2) is 55.8 Å². The lowest BCUT2D eigenvalue weighted by Gasteiger charge is -2.17. The number of aryl methyl sites for hydroxylation is 2. The fourth-order valence-corrected chi connectivity index (χ4v) is 4.30. The fourth-order valence-electron chi connectivity index (χ4n) is 4.30. The van der Waals surface area contributed by atoms with E-state index in [9.17, 15) is 9.59 Å². The minimum absolute atomic E-state index is 0.207. The van der Waals surface area contributed by atoms with Crippen molar-refractivity contribution in [1.82, 2.24) is 9.47 Å². The lowest BCUT2D eigenvalue weighted by molar-refractivity contribution is -0.136. The maximum Gasteiger partial charge on any atom is 0.340 e. The Morgan fingerprint density at radius 2 is 1.79 bits per heavy atom. The molecule has 1 aromatic carbocycles. The number of nitrogens with zero attached hydrogens (tertiary/aromatic N) is 2. The van der Waals surface area contributed by atoms with Crippen LogP contribution in [0.1, 0.15) is 35.9 Å². The van der Waals surface area contributed by atoms with Crippen LogP contribution in [0.4, 0.5) is 0 Å². The van der Waals surface area contributed by atoms with E-state index in [1.54, 1.807) is 32.1 Å². The highest BCUT2D eigenvalue weighted by Gasteiger charge is 2.37. The van der Waals surface area contributed by atoms with Crippen molar-refractivity contribution in [1.29, 1.82) is 0 Å². The molecule has 0 radical (unpaired) electrons. The van der Waals surface area contributed by atoms with Crippen LogP contribution in [0.25, 0.3) is 11.8 Å². The summed E-state index contributed by atoms with van der Waals surface area (Å²) in [5, 5.41) is 0. The Morgan fingerprint density at radius 3 is 2.42 bits per heavy atom. The van der Waals surface area contributed by atoms with Gasteiger partial charge >= 0.3 is 5.97 Å². The van der Waals surface area contributed by atoms with Crippen LogP contribution in [0.5, 0.6) is 5.75 Å². The first-order chi connectivity index (χ1) is 15.7. The van der Waals surface area contributed by atoms with Crippen LogP contribution in [0.3, 0.4) is 0 Å². The SMILES string of the molecule is COCCCN1C(=O)/C(=C\c2cc(C)n(-c3cc(C)ccc3OC)c2C)C(C(=O)OC)=C1C. The first-order valence-electron chi connectivity index (χ1n) is 10.9. The molecule has 0 bridgehead atoms. The number of benzene rings is 1. The van der Waals surface area contributed by atoms with Crippen molar-refractivity contribution in [3.05, 3.63) is 63.6 Å². The standard InChI is InChI=1S/C26H32N2O5/c1-16-9-10-23(32-6)22(13-16)28-17(2)14-20(18(28)3)15-21-24(26(30)33-7)19(4)27(25(21)29)11-8-12-31-5/h9-10,13-15H,8,11-12H2,1-7H3/b21-15-. The van der Waals surface area contributed by atoms with Crippen molar-refractivity contribution in [3.8, 4) is 11.4 Å². The molecule has 2 heterocycles. The van der Waals surface area contributed by atoms with Crippen molar-refractivity contribution >= 4 is 18.0 Å². The minimum atomic E-state index is -0.518. The monoisotopic (exact) mass is 452 g/mol. The van der Waals surface area contributed by atoms with Gasteiger partial charge < -0.3 is 23.7 Å². The van der Waals surface area contributed by atoms with Crippen LogP contribution >= 0.6 is 0 Å². The fraction of sp³-hybridized carbons (Fsp3) is 0.385. The van der Waals surface area contributed by atoms with Gasteiger partial charge in [-0.15, -0.1) is 0 Å². The molecular formula is C26H32N2O5. The second-order valence-electron chi connectivity index (χ2n) is 8.15. The van der Waals surface area contributed by atoms with Gasteiger partial charge in [0.25, 0.3) is 5.91 Å². The number of methoxy groups -OCH3 is 3. The van der Waals surface area contributed by atoms with Crippen molar-refractivity contribution in [2.24, 2.45) is 0 Å². The van der Waals surface area contributed by atoms with Crippen LogP contribution in [0.15, 0.2) is 41.1 Å². The Hall–Kier alpha value is -3.32. The molecule has 2 aromatic rings. The second-order valence-corrected chi connectivity index (χ2v) is 8.15. The maximum atomic E-state index is 13.3. The predicted molar refractivity (Wildman–Crippen MR) is 127 cm³/mol. The van der Waals surface area contributed by atoms with Crippen LogP contribution in [0.2, 0.25) is 0 Å². The highest BCUT2D eigenvalue weighted by molar-refractivity contribution is 6.16. The number of rotatable bonds is 8. The number of esters is 1. The third-order valence-electron chi connectivity index (χ3n) is 5.98. The molecule has 1 amide bonds. The summed E-state index contributed by atoms with van der Waals surface area (Å²) in [5.74, 6) is 0.0336. The minimum Gasteiger partial charge on any atom is -0.495 e. The van der Waals surface area contributed by atoms with E-state index in [2.05, 4.69) is 10.6 Å². The number of allylic oxidation sites excluding steroid dienone is 1. The number of carbonyl (C=O) groups excluding carboxylic acids is 2. The van der Waals surface area contributed by atoms with E-state index in [-0.39, 0.29) is 5.91 Å². The van der Waals surface area contributed by atoms with Crippen LogP contribution in [-0.2, 0) is 19.1 Å². The Balaban J connectivity index is 2.11. The quantitative estimate of drug-likeness (QED) is 0.342. The summed E-state index contributed by atoms with van der Waals surface area (Å²) < 4.78 is 17.8. The molecule has 0 fully saturated rings. The van der Waals surface area contributed by atoms with E-state index in [0.29, 0.717) is 36.4 Å². The van der Waals surface area contributed by atoms with E-state index in [1.807, 2.05) is 39.0 Å². The van der Waals surface area contributed by atoms with Gasteiger partial charge in [0.2, 0.25) is 0 Å². The molecule has 7 heteroatoms. The lowest BCUT2D eigenvalue weighted by atomic mass is 10.0. The molecule has 0 saturated carbocycles. The molecular weight excluding hydrogens is 420 g/mol. The van der Waals surface area contributed by atoms with Gasteiger partial charge in [-0.2, -0.15) is 0 Å². The number of aromatic nitrogens is 1. The van der Waals surface area contributed by atoms with Gasteiger partial charge in [-0.05, 0) is 69.5 Å². The second kappa shape index (κ2) is 10.1. The molecule has 33 heavy (non-hydrogen) atoms. The lowest BCUT2D eigenvalue weighted by Crippen LogP contribution is -2.26. The molecule has 0 saturated heterocycles. The van der Waals surface area contributed by atoms with Crippen molar-refractivity contribution in [3.63, 3.8) is 0 Å². The number of carbonyl (C=O) groups is 2. The number of amides is 1. The number of hydrogen-bond donors (Lipinski definition) is 0. The van der Waals surface area contributed by atoms with E-state index >= 15 is 0 Å². The van der Waals surface area contributed by atoms with Gasteiger partial charge in [-0.25, -0.2) is 4.79 Å². The number of hydrogen-bond acceptors (Lipinski definition) is 5. The molecule has 1 aliphatic rings. The topological polar surface area (TPSA) is 70.0 Å². The number of ether oxygens (including phenoxy) is 3. The third-order valence-corrected chi connectivity index (χ3v) is 5.98. The van der Waals surface area contributed by atoms with Crippen molar-refractivity contribution < 1.29 is 23.8 Å². The molecule has 1 aromatic heterocycles. The highest BCUT2D eigenvalue weighted by atomic mass is 16.5. The van der Waals surface area contributed by atoms with E-state index in [1.165, 1.54) is 7.11 Å². The van der Waals surface area contributed by atoms with Gasteiger partial charge in [0.05, 0.1) is 31.1 Å². The normalized spacial score (nSPS) is 15.1. The van der Waals surface area contributed by atoms with Gasteiger partial charge in [0, 0.05) is 37.3 Å². The average molecular weight is 453 g/mol. The average Bonchev–Trinajstić information content (AvgIpc) is 3.20. The van der Waals surface area contributed by atoms with Crippen LogP contribution < -0.4 is 4.74 Å². The molecule has 0 aliphatic carbocycles. The summed E-state index contributed by atoms with van der Waals surface area (Å²) >= 11 is 0. The smallest absolute Gasteiger partial charge is 0.340 e. The van der Waals surface area contributed by atoms with Crippen molar-refractivity contribution in [2.45, 2.75) is 34.1 Å². The van der Waals surface area contributed by atoms with Gasteiger partial charge in [-0.3, -0.25) is 4.79 Å². The van der Waals surface area contributed by atoms with E-state index in [4.69, 9.17) is 14.2 Å². The van der Waals surface area contributed by atoms with Crippen LogP contribution in [0, 0.1) is 20.8 Å². The summed E-state index contributed by atoms with van der Waals surface area (Å²) in [6.07, 6.45) is 2.46. The zero-order chi connectivity index (χ0) is 24.3. The van der Waals surface area contributed by atoms with E-state index < -0.39 is 5.97 Å². The highest BCUT2D eigenvalue weighted by Crippen LogP contribution is 2.34. The molecule has 0 N–H and O–H groups in total. The molecule has 1 aliphatic heterocycles. The van der Waals surface area contributed by atoms with Gasteiger partial charge in [0.15, 0.2) is 0 Å². The summed E-state index contributed by atoms with van der Waals surface area (Å²) in [4.78, 5) is 27.5. The summed E-state index contributed by atoms with van der Waals surface area (Å²) in [6.45, 7) is 8.81. The summed E-state index contributed by atoms with van der Waals surface area (Å²) in [6, 6.07) is 8.03. The Morgan fingerprint density at radius 1 is 1.06 bits per heavy atom. The molecule has 0 unspecified atom stereocenters. The molecule has 3 rings (SSSR count). The molecule has 0 spiro atoms. The molecule has 0 atom stereocenters. The first-order valence-corrected chi connectivity index (χ1v) is 10.9. The third kappa shape index (κ3) is 4.59.